The van der Waals surface area contributed by atoms with E-state index in [1.807, 2.05) is 12.3 Å². The van der Waals surface area contributed by atoms with Crippen molar-refractivity contribution in [1.82, 2.24) is 4.98 Å². The Balaban J connectivity index is 2.45. The summed E-state index contributed by atoms with van der Waals surface area (Å²) in [5, 5.41) is 1.90. The summed E-state index contributed by atoms with van der Waals surface area (Å²) >= 11 is 6.15. The number of aromatic amines is 1. The Kier molecular flexibility index (Phi) is 2.95. The molecule has 2 aromatic rings. The average molecular weight is 225 g/mol. The van der Waals surface area contributed by atoms with E-state index in [1.54, 1.807) is 0 Å². The molecule has 3 nitrogen and oxygen atoms in total. The van der Waals surface area contributed by atoms with Gasteiger partial charge in [-0.2, -0.15) is 0 Å². The van der Waals surface area contributed by atoms with Gasteiger partial charge in [0.15, 0.2) is 0 Å². The number of rotatable bonds is 3. The molecule has 80 valence electrons. The van der Waals surface area contributed by atoms with Crippen LogP contribution in [0.2, 0.25) is 5.02 Å². The summed E-state index contributed by atoms with van der Waals surface area (Å²) in [6.45, 7) is 2.56. The maximum Gasteiger partial charge on any atom is 0.0719 e. The molecule has 2 rings (SSSR count). The lowest BCUT2D eigenvalue weighted by atomic mass is 10.1. The fourth-order valence-electron chi connectivity index (χ4n) is 1.70. The smallest absolute Gasteiger partial charge is 0.0719 e. The Labute approximate surface area is 93.1 Å². The largest absolute Gasteiger partial charge is 0.360 e. The van der Waals surface area contributed by atoms with Gasteiger partial charge < -0.3 is 9.82 Å². The normalized spacial score (nSPS) is 11.1. The van der Waals surface area contributed by atoms with E-state index in [4.69, 9.17) is 17.5 Å². The van der Waals surface area contributed by atoms with E-state index in [2.05, 4.69) is 22.8 Å². The van der Waals surface area contributed by atoms with Crippen LogP contribution in [0.5, 0.6) is 0 Å². The first-order valence-electron chi connectivity index (χ1n) is 4.80. The van der Waals surface area contributed by atoms with Gasteiger partial charge in [0, 0.05) is 11.6 Å². The van der Waals surface area contributed by atoms with Crippen molar-refractivity contribution in [2.24, 2.45) is 5.90 Å². The van der Waals surface area contributed by atoms with Crippen molar-refractivity contribution >= 4 is 22.5 Å². The lowest BCUT2D eigenvalue weighted by Gasteiger charge is -2.03. The van der Waals surface area contributed by atoms with Crippen LogP contribution in [-0.4, -0.2) is 11.6 Å². The third kappa shape index (κ3) is 2.00. The third-order valence-electron chi connectivity index (χ3n) is 2.52. The second kappa shape index (κ2) is 4.23. The molecule has 0 aliphatic heterocycles. The van der Waals surface area contributed by atoms with Crippen molar-refractivity contribution in [2.45, 2.75) is 13.3 Å². The number of benzene rings is 1. The Bertz CT molecular complexity index is 479. The van der Waals surface area contributed by atoms with Crippen LogP contribution in [0.1, 0.15) is 11.1 Å². The number of H-pyrrole nitrogens is 1. The zero-order valence-electron chi connectivity index (χ0n) is 8.51. The van der Waals surface area contributed by atoms with Crippen molar-refractivity contribution in [3.05, 3.63) is 34.5 Å². The Morgan fingerprint density at radius 1 is 1.47 bits per heavy atom. The number of fused-ring (bicyclic) bond motifs is 1. The molecule has 15 heavy (non-hydrogen) atoms. The molecule has 0 fully saturated rings. The maximum absolute atomic E-state index is 6.15. The summed E-state index contributed by atoms with van der Waals surface area (Å²) in [5.41, 5.74) is 3.33. The van der Waals surface area contributed by atoms with Crippen LogP contribution in [0.4, 0.5) is 0 Å². The number of nitrogens with one attached hydrogen (secondary N) is 1. The summed E-state index contributed by atoms with van der Waals surface area (Å²) in [5.74, 6) is 5.00. The van der Waals surface area contributed by atoms with Crippen molar-refractivity contribution in [3.8, 4) is 0 Å². The van der Waals surface area contributed by atoms with Gasteiger partial charge in [-0.05, 0) is 36.6 Å². The molecule has 0 spiro atoms. The molecule has 0 saturated heterocycles. The third-order valence-corrected chi connectivity index (χ3v) is 2.81. The fraction of sp³-hybridized carbons (Fsp3) is 0.273. The predicted molar refractivity (Wildman–Crippen MR) is 61.9 cm³/mol. The fourth-order valence-corrected chi connectivity index (χ4v) is 2.00. The molecule has 1 heterocycles. The minimum Gasteiger partial charge on any atom is -0.360 e. The van der Waals surface area contributed by atoms with E-state index in [0.717, 1.165) is 27.9 Å². The molecule has 0 radical (unpaired) electrons. The van der Waals surface area contributed by atoms with Gasteiger partial charge in [0.2, 0.25) is 0 Å². The molecule has 0 amide bonds. The highest BCUT2D eigenvalue weighted by atomic mass is 35.5. The molecule has 0 unspecified atom stereocenters. The van der Waals surface area contributed by atoms with E-state index >= 15 is 0 Å². The van der Waals surface area contributed by atoms with Crippen molar-refractivity contribution in [1.29, 1.82) is 0 Å². The quantitative estimate of drug-likeness (QED) is 0.788. The van der Waals surface area contributed by atoms with Crippen LogP contribution in [-0.2, 0) is 11.3 Å². The highest BCUT2D eigenvalue weighted by molar-refractivity contribution is 6.35. The van der Waals surface area contributed by atoms with Crippen LogP contribution in [0.15, 0.2) is 18.3 Å². The van der Waals surface area contributed by atoms with Crippen LogP contribution in [0.3, 0.4) is 0 Å². The molecule has 3 N–H and O–H groups in total. The first-order chi connectivity index (χ1) is 7.22. The predicted octanol–water partition coefficient (Wildman–Crippen LogP) is 2.56. The molecule has 0 aliphatic rings. The summed E-state index contributed by atoms with van der Waals surface area (Å²) in [7, 11) is 0. The van der Waals surface area contributed by atoms with E-state index < -0.39 is 0 Å². The number of aryl methyl sites for hydroxylation is 1. The zero-order chi connectivity index (χ0) is 10.8. The number of halogens is 1. The molecule has 1 aromatic heterocycles. The van der Waals surface area contributed by atoms with E-state index in [1.165, 1.54) is 5.56 Å². The number of aromatic nitrogens is 1. The second-order valence-corrected chi connectivity index (χ2v) is 4.00. The van der Waals surface area contributed by atoms with Crippen molar-refractivity contribution in [3.63, 3.8) is 0 Å². The summed E-state index contributed by atoms with van der Waals surface area (Å²) in [6, 6.07) is 4.06. The standard InChI is InChI=1S/C11H13ClN2O/c1-7-6-14-11-9(7)4-8(2-3-15-13)5-10(11)12/h4-6,14H,2-3,13H2,1H3. The van der Waals surface area contributed by atoms with E-state index in [0.29, 0.717) is 6.61 Å². The van der Waals surface area contributed by atoms with Gasteiger partial charge >= 0.3 is 0 Å². The summed E-state index contributed by atoms with van der Waals surface area (Å²) < 4.78 is 0. The summed E-state index contributed by atoms with van der Waals surface area (Å²) in [6.07, 6.45) is 2.73. The summed E-state index contributed by atoms with van der Waals surface area (Å²) in [4.78, 5) is 7.71. The second-order valence-electron chi connectivity index (χ2n) is 3.59. The van der Waals surface area contributed by atoms with Crippen LogP contribution in [0, 0.1) is 6.92 Å². The monoisotopic (exact) mass is 224 g/mol. The molecule has 0 bridgehead atoms. The van der Waals surface area contributed by atoms with Gasteiger partial charge in [0.25, 0.3) is 0 Å². The Morgan fingerprint density at radius 3 is 3.00 bits per heavy atom. The Morgan fingerprint density at radius 2 is 2.27 bits per heavy atom. The zero-order valence-corrected chi connectivity index (χ0v) is 9.27. The topological polar surface area (TPSA) is 51.0 Å². The number of hydrogen-bond acceptors (Lipinski definition) is 2. The highest BCUT2D eigenvalue weighted by Gasteiger charge is 2.06. The van der Waals surface area contributed by atoms with Gasteiger partial charge in [0.1, 0.15) is 0 Å². The van der Waals surface area contributed by atoms with Gasteiger partial charge in [-0.3, -0.25) is 0 Å². The number of hydrogen-bond donors (Lipinski definition) is 2. The highest BCUT2D eigenvalue weighted by Crippen LogP contribution is 2.27. The lowest BCUT2D eigenvalue weighted by molar-refractivity contribution is 0.141. The minimum atomic E-state index is 0.505. The SMILES string of the molecule is Cc1c[nH]c2c(Cl)cc(CCON)cc12. The first-order valence-corrected chi connectivity index (χ1v) is 5.18. The van der Waals surface area contributed by atoms with Gasteiger partial charge in [0.05, 0.1) is 17.1 Å². The molecular formula is C11H13ClN2O. The molecule has 0 saturated carbocycles. The van der Waals surface area contributed by atoms with Gasteiger partial charge in [-0.15, -0.1) is 0 Å². The first kappa shape index (κ1) is 10.5. The minimum absolute atomic E-state index is 0.505. The molecule has 1 aromatic carbocycles. The van der Waals surface area contributed by atoms with E-state index in [-0.39, 0.29) is 0 Å². The maximum atomic E-state index is 6.15. The van der Waals surface area contributed by atoms with E-state index in [9.17, 15) is 0 Å². The molecule has 4 heteroatoms. The lowest BCUT2D eigenvalue weighted by Crippen LogP contribution is -2.03. The number of nitrogens with two attached hydrogens (primary N) is 1. The Hall–Kier alpha value is -1.03. The van der Waals surface area contributed by atoms with Crippen molar-refractivity contribution < 1.29 is 4.84 Å². The molecule has 0 atom stereocenters. The molecule has 0 aliphatic carbocycles. The van der Waals surface area contributed by atoms with Crippen molar-refractivity contribution in [2.75, 3.05) is 6.61 Å². The van der Waals surface area contributed by atoms with Crippen LogP contribution >= 0.6 is 11.6 Å². The van der Waals surface area contributed by atoms with Crippen LogP contribution in [0.25, 0.3) is 10.9 Å². The van der Waals surface area contributed by atoms with Crippen LogP contribution < -0.4 is 5.90 Å². The van der Waals surface area contributed by atoms with Gasteiger partial charge in [-0.25, -0.2) is 5.90 Å². The van der Waals surface area contributed by atoms with Gasteiger partial charge in [-0.1, -0.05) is 11.6 Å². The molecular weight excluding hydrogens is 212 g/mol. The average Bonchev–Trinajstić information content (AvgIpc) is 2.58.